The quantitative estimate of drug-likeness (QED) is 0.540. The molecule has 0 amide bonds. The van der Waals surface area contributed by atoms with Crippen molar-refractivity contribution >= 4 is 18.0 Å². The minimum absolute atomic E-state index is 0.0544. The van der Waals surface area contributed by atoms with Crippen molar-refractivity contribution in [3.8, 4) is 5.75 Å². The Morgan fingerprint density at radius 2 is 1.65 bits per heavy atom. The molecule has 1 aromatic carbocycles. The molecule has 1 aliphatic rings. The molecule has 26 heavy (non-hydrogen) atoms. The summed E-state index contributed by atoms with van der Waals surface area (Å²) in [6.45, 7) is 3.85. The van der Waals surface area contributed by atoms with Gasteiger partial charge in [-0.1, -0.05) is 26.0 Å². The number of methoxy groups -OCH3 is 1. The molecule has 0 spiro atoms. The maximum atomic E-state index is 12.0. The van der Waals surface area contributed by atoms with Crippen LogP contribution in [-0.2, 0) is 19.1 Å². The van der Waals surface area contributed by atoms with Crippen LogP contribution in [0.1, 0.15) is 51.5 Å². The molecule has 1 fully saturated rings. The van der Waals surface area contributed by atoms with Crippen LogP contribution in [0.2, 0.25) is 0 Å². The van der Waals surface area contributed by atoms with Crippen LogP contribution >= 0.6 is 0 Å². The summed E-state index contributed by atoms with van der Waals surface area (Å²) < 4.78 is 16.1. The predicted octanol–water partition coefficient (Wildman–Crippen LogP) is 4.15. The summed E-state index contributed by atoms with van der Waals surface area (Å²) in [5.74, 6) is 0.236. The number of benzene rings is 1. The van der Waals surface area contributed by atoms with E-state index in [0.717, 1.165) is 43.4 Å². The molecule has 1 aliphatic carbocycles. The molecule has 1 aromatic rings. The highest BCUT2D eigenvalue weighted by atomic mass is 16.6. The minimum Gasteiger partial charge on any atom is -0.497 e. The highest BCUT2D eigenvalue weighted by Gasteiger charge is 2.26. The summed E-state index contributed by atoms with van der Waals surface area (Å²) in [7, 11) is 1.61. The molecule has 1 saturated carbocycles. The van der Waals surface area contributed by atoms with E-state index >= 15 is 0 Å². The SMILES string of the molecule is CCC(C)C(=O)O[C@H]1CC[C@H](OC(=O)/C=C/c2ccc(OC)cc2)CC1. The fraction of sp³-hybridized carbons (Fsp3) is 0.524. The van der Waals surface area contributed by atoms with Gasteiger partial charge >= 0.3 is 11.9 Å². The maximum Gasteiger partial charge on any atom is 0.331 e. The van der Waals surface area contributed by atoms with Gasteiger partial charge in [0.25, 0.3) is 0 Å². The van der Waals surface area contributed by atoms with Crippen LogP contribution in [-0.4, -0.2) is 31.3 Å². The molecule has 0 radical (unpaired) electrons. The fourth-order valence-corrected chi connectivity index (χ4v) is 2.80. The van der Waals surface area contributed by atoms with E-state index in [-0.39, 0.29) is 30.1 Å². The fourth-order valence-electron chi connectivity index (χ4n) is 2.80. The molecule has 1 unspecified atom stereocenters. The number of hydrogen-bond donors (Lipinski definition) is 0. The number of hydrogen-bond acceptors (Lipinski definition) is 5. The molecular formula is C21H28O5. The van der Waals surface area contributed by atoms with Gasteiger partial charge in [0.2, 0.25) is 0 Å². The van der Waals surface area contributed by atoms with Crippen LogP contribution in [0.25, 0.3) is 6.08 Å². The summed E-state index contributed by atoms with van der Waals surface area (Å²) in [6, 6.07) is 7.43. The summed E-state index contributed by atoms with van der Waals surface area (Å²) in [6.07, 6.45) is 6.71. The first-order valence-electron chi connectivity index (χ1n) is 9.25. The molecule has 142 valence electrons. The number of carbonyl (C=O) groups excluding carboxylic acids is 2. The zero-order valence-corrected chi connectivity index (χ0v) is 15.8. The number of esters is 2. The van der Waals surface area contributed by atoms with Crippen molar-refractivity contribution in [3.05, 3.63) is 35.9 Å². The lowest BCUT2D eigenvalue weighted by atomic mass is 9.94. The molecule has 0 bridgehead atoms. The van der Waals surface area contributed by atoms with Crippen LogP contribution in [0.5, 0.6) is 5.75 Å². The van der Waals surface area contributed by atoms with Gasteiger partial charge in [0.1, 0.15) is 18.0 Å². The van der Waals surface area contributed by atoms with Crippen molar-refractivity contribution in [2.24, 2.45) is 5.92 Å². The van der Waals surface area contributed by atoms with E-state index in [1.807, 2.05) is 38.1 Å². The van der Waals surface area contributed by atoms with E-state index in [9.17, 15) is 9.59 Å². The normalized spacial score (nSPS) is 21.2. The van der Waals surface area contributed by atoms with E-state index < -0.39 is 0 Å². The van der Waals surface area contributed by atoms with Gasteiger partial charge in [-0.2, -0.15) is 0 Å². The first-order chi connectivity index (χ1) is 12.5. The minimum atomic E-state index is -0.346. The van der Waals surface area contributed by atoms with Crippen molar-refractivity contribution in [1.82, 2.24) is 0 Å². The van der Waals surface area contributed by atoms with E-state index in [0.29, 0.717) is 0 Å². The van der Waals surface area contributed by atoms with Crippen molar-refractivity contribution in [2.75, 3.05) is 7.11 Å². The molecule has 0 heterocycles. The third-order valence-electron chi connectivity index (χ3n) is 4.73. The molecule has 5 nitrogen and oxygen atoms in total. The van der Waals surface area contributed by atoms with Crippen LogP contribution in [0.3, 0.4) is 0 Å². The highest BCUT2D eigenvalue weighted by molar-refractivity contribution is 5.87. The number of carbonyl (C=O) groups is 2. The average molecular weight is 360 g/mol. The third-order valence-corrected chi connectivity index (χ3v) is 4.73. The lowest BCUT2D eigenvalue weighted by Gasteiger charge is -2.28. The topological polar surface area (TPSA) is 61.8 Å². The smallest absolute Gasteiger partial charge is 0.331 e. The van der Waals surface area contributed by atoms with Crippen LogP contribution in [0, 0.1) is 5.92 Å². The Labute approximate surface area is 155 Å². The maximum absolute atomic E-state index is 12.0. The predicted molar refractivity (Wildman–Crippen MR) is 99.7 cm³/mol. The summed E-state index contributed by atoms with van der Waals surface area (Å²) in [5.41, 5.74) is 0.906. The third kappa shape index (κ3) is 6.21. The van der Waals surface area contributed by atoms with Gasteiger partial charge in [-0.25, -0.2) is 4.79 Å². The second-order valence-corrected chi connectivity index (χ2v) is 6.69. The standard InChI is InChI=1S/C21H28O5/c1-4-15(2)21(23)26-19-12-10-18(11-13-19)25-20(22)14-7-16-5-8-17(24-3)9-6-16/h5-9,14-15,18-19H,4,10-13H2,1-3H3/b14-7+/t15?,18-,19-. The van der Waals surface area contributed by atoms with Crippen molar-refractivity contribution in [2.45, 2.75) is 58.2 Å². The molecule has 2 rings (SSSR count). The van der Waals surface area contributed by atoms with Crippen molar-refractivity contribution < 1.29 is 23.8 Å². The van der Waals surface area contributed by atoms with Gasteiger partial charge in [-0.3, -0.25) is 4.79 Å². The monoisotopic (exact) mass is 360 g/mol. The number of ether oxygens (including phenoxy) is 3. The Balaban J connectivity index is 1.73. The van der Waals surface area contributed by atoms with Gasteiger partial charge in [0, 0.05) is 6.08 Å². The zero-order chi connectivity index (χ0) is 18.9. The van der Waals surface area contributed by atoms with E-state index in [1.165, 1.54) is 6.08 Å². The molecular weight excluding hydrogens is 332 g/mol. The van der Waals surface area contributed by atoms with E-state index in [2.05, 4.69) is 0 Å². The molecule has 0 aliphatic heterocycles. The summed E-state index contributed by atoms with van der Waals surface area (Å²) >= 11 is 0. The highest BCUT2D eigenvalue weighted by Crippen LogP contribution is 2.25. The molecule has 5 heteroatoms. The molecule has 0 aromatic heterocycles. The molecule has 0 N–H and O–H groups in total. The Kier molecular flexibility index (Phi) is 7.70. The van der Waals surface area contributed by atoms with Gasteiger partial charge in [-0.15, -0.1) is 0 Å². The van der Waals surface area contributed by atoms with Gasteiger partial charge in [-0.05, 0) is 55.9 Å². The lowest BCUT2D eigenvalue weighted by Crippen LogP contribution is -2.30. The van der Waals surface area contributed by atoms with Crippen molar-refractivity contribution in [1.29, 1.82) is 0 Å². The molecule has 1 atom stereocenters. The van der Waals surface area contributed by atoms with Crippen LogP contribution in [0.4, 0.5) is 0 Å². The van der Waals surface area contributed by atoms with E-state index in [4.69, 9.17) is 14.2 Å². The summed E-state index contributed by atoms with van der Waals surface area (Å²) in [4.78, 5) is 23.8. The largest absolute Gasteiger partial charge is 0.497 e. The average Bonchev–Trinajstić information content (AvgIpc) is 2.67. The van der Waals surface area contributed by atoms with Gasteiger partial charge in [0.05, 0.1) is 13.0 Å². The number of rotatable bonds is 7. The zero-order valence-electron chi connectivity index (χ0n) is 15.8. The Hall–Kier alpha value is -2.30. The lowest BCUT2D eigenvalue weighted by molar-refractivity contribution is -0.159. The molecule has 0 saturated heterocycles. The Morgan fingerprint density at radius 1 is 1.08 bits per heavy atom. The summed E-state index contributed by atoms with van der Waals surface area (Å²) in [5, 5.41) is 0. The second-order valence-electron chi connectivity index (χ2n) is 6.69. The Bertz CT molecular complexity index is 612. The first-order valence-corrected chi connectivity index (χ1v) is 9.25. The van der Waals surface area contributed by atoms with E-state index in [1.54, 1.807) is 13.2 Å². The van der Waals surface area contributed by atoms with Crippen LogP contribution in [0.15, 0.2) is 30.3 Å². The second kappa shape index (κ2) is 10.00. The first kappa shape index (κ1) is 20.0. The van der Waals surface area contributed by atoms with Gasteiger partial charge in [0.15, 0.2) is 0 Å². The van der Waals surface area contributed by atoms with Crippen LogP contribution < -0.4 is 4.74 Å². The Morgan fingerprint density at radius 3 is 2.19 bits per heavy atom. The van der Waals surface area contributed by atoms with Gasteiger partial charge < -0.3 is 14.2 Å². The van der Waals surface area contributed by atoms with Crippen molar-refractivity contribution in [3.63, 3.8) is 0 Å².